The number of esters is 1. The number of carbonyl (C=O) groups excluding carboxylic acids is 2. The van der Waals surface area contributed by atoms with Crippen molar-refractivity contribution in [2.45, 2.75) is 309 Å². The van der Waals surface area contributed by atoms with Crippen molar-refractivity contribution in [3.63, 3.8) is 0 Å². The number of nitrogens with one attached hydrogen (secondary N) is 1. The van der Waals surface area contributed by atoms with Crippen molar-refractivity contribution in [3.8, 4) is 0 Å². The van der Waals surface area contributed by atoms with Crippen molar-refractivity contribution in [3.05, 3.63) is 36.5 Å². The summed E-state index contributed by atoms with van der Waals surface area (Å²) in [6.07, 6.45) is 65.9. The quantitative estimate of drug-likeness (QED) is 0.0321. The third-order valence-corrected chi connectivity index (χ3v) is 12.9. The summed E-state index contributed by atoms with van der Waals surface area (Å²) in [5, 5.41) is 23.0. The lowest BCUT2D eigenvalue weighted by molar-refractivity contribution is -0.143. The van der Waals surface area contributed by atoms with E-state index in [2.05, 4.69) is 43.5 Å². The first-order chi connectivity index (χ1) is 31.5. The van der Waals surface area contributed by atoms with E-state index in [-0.39, 0.29) is 18.5 Å². The van der Waals surface area contributed by atoms with E-state index in [0.717, 1.165) is 51.4 Å². The monoisotopic (exact) mass is 900 g/mol. The molecule has 0 aliphatic carbocycles. The molecule has 6 heteroatoms. The van der Waals surface area contributed by atoms with E-state index in [9.17, 15) is 19.8 Å². The molecule has 376 valence electrons. The van der Waals surface area contributed by atoms with Gasteiger partial charge in [-0.1, -0.05) is 237 Å². The summed E-state index contributed by atoms with van der Waals surface area (Å²) >= 11 is 0. The number of carbonyl (C=O) groups is 2. The summed E-state index contributed by atoms with van der Waals surface area (Å²) < 4.78 is 5.46. The lowest BCUT2D eigenvalue weighted by atomic mass is 10.0. The fraction of sp³-hybridized carbons (Fsp3) is 0.862. The molecule has 1 amide bonds. The number of allylic oxidation sites excluding steroid dienone is 5. The van der Waals surface area contributed by atoms with Crippen LogP contribution in [0, 0.1) is 0 Å². The first kappa shape index (κ1) is 62.1. The average molecular weight is 901 g/mol. The summed E-state index contributed by atoms with van der Waals surface area (Å²) in [4.78, 5) is 24.4. The number of hydrogen-bond donors (Lipinski definition) is 3. The average Bonchev–Trinajstić information content (AvgIpc) is 3.29. The van der Waals surface area contributed by atoms with Gasteiger partial charge in [-0.05, 0) is 83.5 Å². The van der Waals surface area contributed by atoms with Crippen molar-refractivity contribution < 1.29 is 24.5 Å². The molecule has 0 aromatic carbocycles. The van der Waals surface area contributed by atoms with Gasteiger partial charge in [-0.2, -0.15) is 0 Å². The van der Waals surface area contributed by atoms with E-state index < -0.39 is 12.1 Å². The Bertz CT molecular complexity index is 1040. The number of aliphatic hydroxyl groups is 2. The van der Waals surface area contributed by atoms with E-state index >= 15 is 0 Å². The minimum absolute atomic E-state index is 0.000364. The molecule has 0 aromatic rings. The van der Waals surface area contributed by atoms with Crippen LogP contribution in [0.25, 0.3) is 0 Å². The van der Waals surface area contributed by atoms with Crippen LogP contribution in [-0.2, 0) is 14.3 Å². The van der Waals surface area contributed by atoms with Crippen LogP contribution in [0.5, 0.6) is 0 Å². The summed E-state index contributed by atoms with van der Waals surface area (Å²) in [6, 6.07) is -0.632. The second kappa shape index (κ2) is 53.7. The highest BCUT2D eigenvalue weighted by Crippen LogP contribution is 2.16. The van der Waals surface area contributed by atoms with Gasteiger partial charge in [0.15, 0.2) is 0 Å². The largest absolute Gasteiger partial charge is 0.466 e. The number of hydrogen-bond acceptors (Lipinski definition) is 5. The number of ether oxygens (including phenoxy) is 1. The number of aliphatic hydroxyl groups excluding tert-OH is 2. The molecule has 64 heavy (non-hydrogen) atoms. The molecule has 0 saturated carbocycles. The van der Waals surface area contributed by atoms with Crippen molar-refractivity contribution in [2.24, 2.45) is 0 Å². The SMILES string of the molecule is CCCCCC/C=C\CCCCCCCC(=O)OCCCCCCCCCCCCC/C=C\CCCCCCCCCC(=O)NC(CO)C(O)/C=C/CCCCCCCCCCCC. The van der Waals surface area contributed by atoms with Crippen LogP contribution in [0.15, 0.2) is 36.5 Å². The second-order valence-corrected chi connectivity index (χ2v) is 19.3. The van der Waals surface area contributed by atoms with Gasteiger partial charge in [0.05, 0.1) is 25.4 Å². The van der Waals surface area contributed by atoms with Crippen molar-refractivity contribution in [2.75, 3.05) is 13.2 Å². The third kappa shape index (κ3) is 49.5. The Morgan fingerprint density at radius 3 is 1.12 bits per heavy atom. The summed E-state index contributed by atoms with van der Waals surface area (Å²) in [7, 11) is 0. The lowest BCUT2D eigenvalue weighted by Gasteiger charge is -2.20. The molecule has 0 spiro atoms. The van der Waals surface area contributed by atoms with Crippen LogP contribution in [0.2, 0.25) is 0 Å². The number of rotatable bonds is 52. The van der Waals surface area contributed by atoms with E-state index in [0.29, 0.717) is 19.4 Å². The molecule has 0 bridgehead atoms. The van der Waals surface area contributed by atoms with Crippen LogP contribution >= 0.6 is 0 Å². The maximum atomic E-state index is 12.4. The van der Waals surface area contributed by atoms with Gasteiger partial charge in [0.1, 0.15) is 0 Å². The van der Waals surface area contributed by atoms with Gasteiger partial charge in [-0.25, -0.2) is 0 Å². The maximum absolute atomic E-state index is 12.4. The van der Waals surface area contributed by atoms with E-state index in [4.69, 9.17) is 4.74 Å². The first-order valence-corrected chi connectivity index (χ1v) is 28.3. The smallest absolute Gasteiger partial charge is 0.305 e. The van der Waals surface area contributed by atoms with Crippen molar-refractivity contribution in [1.29, 1.82) is 0 Å². The Morgan fingerprint density at radius 1 is 0.422 bits per heavy atom. The Hall–Kier alpha value is -1.92. The van der Waals surface area contributed by atoms with Gasteiger partial charge in [-0.3, -0.25) is 9.59 Å². The molecular weight excluding hydrogens is 791 g/mol. The molecule has 0 aromatic heterocycles. The zero-order valence-corrected chi connectivity index (χ0v) is 42.8. The highest BCUT2D eigenvalue weighted by Gasteiger charge is 2.18. The van der Waals surface area contributed by atoms with Gasteiger partial charge < -0.3 is 20.3 Å². The molecular formula is C58H109NO5. The van der Waals surface area contributed by atoms with Crippen LogP contribution in [0.1, 0.15) is 296 Å². The second-order valence-electron chi connectivity index (χ2n) is 19.3. The number of amides is 1. The summed E-state index contributed by atoms with van der Waals surface area (Å²) in [5.41, 5.74) is 0. The van der Waals surface area contributed by atoms with Crippen LogP contribution in [0.3, 0.4) is 0 Å². The molecule has 0 fully saturated rings. The summed E-state index contributed by atoms with van der Waals surface area (Å²) in [6.45, 7) is 4.87. The molecule has 3 N–H and O–H groups in total. The predicted molar refractivity (Wildman–Crippen MR) is 278 cm³/mol. The highest BCUT2D eigenvalue weighted by atomic mass is 16.5. The molecule has 0 heterocycles. The molecule has 0 aliphatic rings. The molecule has 0 rings (SSSR count). The Morgan fingerprint density at radius 2 is 0.734 bits per heavy atom. The fourth-order valence-corrected chi connectivity index (χ4v) is 8.50. The normalized spacial score (nSPS) is 12.9. The van der Waals surface area contributed by atoms with Gasteiger partial charge in [0.25, 0.3) is 0 Å². The maximum Gasteiger partial charge on any atom is 0.305 e. The number of unbranched alkanes of at least 4 members (excludes halogenated alkanes) is 37. The zero-order chi connectivity index (χ0) is 46.5. The first-order valence-electron chi connectivity index (χ1n) is 28.3. The van der Waals surface area contributed by atoms with Crippen molar-refractivity contribution in [1.82, 2.24) is 5.32 Å². The van der Waals surface area contributed by atoms with E-state index in [1.165, 1.54) is 218 Å². The van der Waals surface area contributed by atoms with Gasteiger partial charge >= 0.3 is 5.97 Å². The molecule has 6 nitrogen and oxygen atoms in total. The predicted octanol–water partition coefficient (Wildman–Crippen LogP) is 17.2. The van der Waals surface area contributed by atoms with Crippen LogP contribution < -0.4 is 5.32 Å². The van der Waals surface area contributed by atoms with Gasteiger partial charge in [-0.15, -0.1) is 0 Å². The molecule has 2 unspecified atom stereocenters. The fourth-order valence-electron chi connectivity index (χ4n) is 8.50. The minimum Gasteiger partial charge on any atom is -0.466 e. The van der Waals surface area contributed by atoms with Gasteiger partial charge in [0, 0.05) is 12.8 Å². The Kier molecular flexibility index (Phi) is 52.1. The molecule has 2 atom stereocenters. The minimum atomic E-state index is -0.848. The third-order valence-electron chi connectivity index (χ3n) is 12.9. The van der Waals surface area contributed by atoms with E-state index in [1.54, 1.807) is 6.08 Å². The van der Waals surface area contributed by atoms with Gasteiger partial charge in [0.2, 0.25) is 5.91 Å². The standard InChI is InChI=1S/C58H109NO5/c1-3-5-7-9-11-13-15-27-32-36-40-44-48-52-58(63)64-53-49-45-41-37-33-29-26-24-22-20-18-17-19-21-23-25-28-31-35-39-43-47-51-57(62)59-55(54-60)56(61)50-46-42-38-34-30-16-14-12-10-8-6-4-2/h13,15,19,21,46,50,55-56,60-61H,3-12,14,16-18,20,22-45,47-49,51-54H2,1-2H3,(H,59,62)/b15-13-,21-19-,50-46+. The lowest BCUT2D eigenvalue weighted by Crippen LogP contribution is -2.45. The van der Waals surface area contributed by atoms with Crippen LogP contribution in [0.4, 0.5) is 0 Å². The Labute approximate surface area is 398 Å². The Balaban J connectivity index is 3.44. The summed E-state index contributed by atoms with van der Waals surface area (Å²) in [5.74, 6) is -0.0764. The topological polar surface area (TPSA) is 95.9 Å². The molecule has 0 saturated heterocycles. The zero-order valence-electron chi connectivity index (χ0n) is 42.8. The van der Waals surface area contributed by atoms with Crippen LogP contribution in [-0.4, -0.2) is 47.4 Å². The van der Waals surface area contributed by atoms with E-state index in [1.807, 2.05) is 6.08 Å². The van der Waals surface area contributed by atoms with Crippen molar-refractivity contribution >= 4 is 11.9 Å². The molecule has 0 aliphatic heterocycles. The molecule has 0 radical (unpaired) electrons. The highest BCUT2D eigenvalue weighted by molar-refractivity contribution is 5.76.